The first-order valence-corrected chi connectivity index (χ1v) is 4.84. The van der Waals surface area contributed by atoms with E-state index in [4.69, 9.17) is 5.73 Å². The molecule has 0 spiro atoms. The third-order valence-corrected chi connectivity index (χ3v) is 3.01. The van der Waals surface area contributed by atoms with Crippen molar-refractivity contribution in [3.8, 4) is 0 Å². The first-order chi connectivity index (χ1) is 6.32. The standard InChI is InChI=1S/C10H16F3N/c1-6-3-4-8(5-6)9(14)7(2)10(11,12)13/h6,8-9H,2-5,14H2,1H3. The van der Waals surface area contributed by atoms with Gasteiger partial charge in [-0.3, -0.25) is 0 Å². The van der Waals surface area contributed by atoms with Gasteiger partial charge in [0, 0.05) is 11.6 Å². The van der Waals surface area contributed by atoms with Crippen molar-refractivity contribution in [2.45, 2.75) is 38.4 Å². The van der Waals surface area contributed by atoms with E-state index in [1.165, 1.54) is 0 Å². The molecular formula is C10H16F3N. The average molecular weight is 207 g/mol. The lowest BCUT2D eigenvalue weighted by atomic mass is 9.92. The van der Waals surface area contributed by atoms with Crippen LogP contribution in [0.15, 0.2) is 12.2 Å². The van der Waals surface area contributed by atoms with E-state index in [1.807, 2.05) is 6.92 Å². The van der Waals surface area contributed by atoms with E-state index in [2.05, 4.69) is 6.58 Å². The van der Waals surface area contributed by atoms with Crippen LogP contribution in [0.5, 0.6) is 0 Å². The highest BCUT2D eigenvalue weighted by Gasteiger charge is 2.39. The maximum atomic E-state index is 12.3. The van der Waals surface area contributed by atoms with Crippen LogP contribution < -0.4 is 5.73 Å². The van der Waals surface area contributed by atoms with Gasteiger partial charge in [-0.15, -0.1) is 0 Å². The van der Waals surface area contributed by atoms with Crippen LogP contribution >= 0.6 is 0 Å². The fraction of sp³-hybridized carbons (Fsp3) is 0.800. The van der Waals surface area contributed by atoms with Gasteiger partial charge in [-0.25, -0.2) is 0 Å². The molecule has 0 radical (unpaired) electrons. The zero-order chi connectivity index (χ0) is 10.9. The summed E-state index contributed by atoms with van der Waals surface area (Å²) in [6, 6.07) is -0.917. The Morgan fingerprint density at radius 2 is 2.00 bits per heavy atom. The minimum atomic E-state index is -4.34. The molecule has 1 nitrogen and oxygen atoms in total. The van der Waals surface area contributed by atoms with E-state index >= 15 is 0 Å². The SMILES string of the molecule is C=C(C(N)C1CCC(C)C1)C(F)(F)F. The molecule has 82 valence electrons. The van der Waals surface area contributed by atoms with Gasteiger partial charge in [0.25, 0.3) is 0 Å². The van der Waals surface area contributed by atoms with Gasteiger partial charge >= 0.3 is 6.18 Å². The molecule has 2 N–H and O–H groups in total. The molecule has 0 aromatic rings. The Hall–Kier alpha value is -0.510. The highest BCUT2D eigenvalue weighted by atomic mass is 19.4. The number of nitrogens with two attached hydrogens (primary N) is 1. The maximum absolute atomic E-state index is 12.3. The molecule has 0 saturated heterocycles. The molecule has 14 heavy (non-hydrogen) atoms. The van der Waals surface area contributed by atoms with E-state index in [-0.39, 0.29) is 5.92 Å². The average Bonchev–Trinajstić information content (AvgIpc) is 2.47. The van der Waals surface area contributed by atoms with Crippen molar-refractivity contribution < 1.29 is 13.2 Å². The number of alkyl halides is 3. The van der Waals surface area contributed by atoms with Crippen LogP contribution in [0.2, 0.25) is 0 Å². The maximum Gasteiger partial charge on any atom is 0.413 e. The zero-order valence-corrected chi connectivity index (χ0v) is 8.27. The van der Waals surface area contributed by atoms with E-state index in [1.54, 1.807) is 0 Å². The highest BCUT2D eigenvalue weighted by Crippen LogP contribution is 2.37. The van der Waals surface area contributed by atoms with Crippen molar-refractivity contribution in [2.24, 2.45) is 17.6 Å². The van der Waals surface area contributed by atoms with Gasteiger partial charge in [0.2, 0.25) is 0 Å². The minimum Gasteiger partial charge on any atom is -0.324 e. The quantitative estimate of drug-likeness (QED) is 0.692. The van der Waals surface area contributed by atoms with Crippen LogP contribution in [-0.2, 0) is 0 Å². The molecule has 0 aromatic heterocycles. The number of rotatable bonds is 2. The van der Waals surface area contributed by atoms with E-state index < -0.39 is 17.8 Å². The van der Waals surface area contributed by atoms with Crippen molar-refractivity contribution in [3.05, 3.63) is 12.2 Å². The van der Waals surface area contributed by atoms with Crippen molar-refractivity contribution in [1.82, 2.24) is 0 Å². The second kappa shape index (κ2) is 3.93. The Labute approximate surface area is 82.2 Å². The summed E-state index contributed by atoms with van der Waals surface area (Å²) in [5.41, 5.74) is 4.77. The fourth-order valence-electron chi connectivity index (χ4n) is 2.05. The van der Waals surface area contributed by atoms with E-state index in [9.17, 15) is 13.2 Å². The minimum absolute atomic E-state index is 0.0425. The predicted octanol–water partition coefficient (Wildman–Crippen LogP) is 2.87. The van der Waals surface area contributed by atoms with Crippen LogP contribution in [0, 0.1) is 11.8 Å². The van der Waals surface area contributed by atoms with Crippen LogP contribution in [-0.4, -0.2) is 12.2 Å². The smallest absolute Gasteiger partial charge is 0.324 e. The normalized spacial score (nSPS) is 30.4. The molecule has 0 bridgehead atoms. The molecule has 0 aromatic carbocycles. The first-order valence-electron chi connectivity index (χ1n) is 4.84. The first kappa shape index (κ1) is 11.6. The van der Waals surface area contributed by atoms with Gasteiger partial charge in [0.1, 0.15) is 0 Å². The Morgan fingerprint density at radius 1 is 1.43 bits per heavy atom. The van der Waals surface area contributed by atoms with Crippen LogP contribution in [0.4, 0.5) is 13.2 Å². The van der Waals surface area contributed by atoms with Gasteiger partial charge in [0.15, 0.2) is 0 Å². The lowest BCUT2D eigenvalue weighted by Crippen LogP contribution is -2.36. The molecule has 0 amide bonds. The molecule has 3 unspecified atom stereocenters. The summed E-state index contributed by atoms with van der Waals surface area (Å²) in [5.74, 6) is 0.450. The second-order valence-corrected chi connectivity index (χ2v) is 4.23. The summed E-state index contributed by atoms with van der Waals surface area (Å²) in [5, 5.41) is 0. The van der Waals surface area contributed by atoms with Gasteiger partial charge in [-0.1, -0.05) is 19.9 Å². The number of hydrogen-bond acceptors (Lipinski definition) is 1. The third kappa shape index (κ3) is 2.50. The van der Waals surface area contributed by atoms with Crippen LogP contribution in [0.3, 0.4) is 0 Å². The zero-order valence-electron chi connectivity index (χ0n) is 8.27. The van der Waals surface area contributed by atoms with Crippen molar-refractivity contribution in [2.75, 3.05) is 0 Å². The monoisotopic (exact) mass is 207 g/mol. The van der Waals surface area contributed by atoms with Crippen molar-refractivity contribution in [3.63, 3.8) is 0 Å². The summed E-state index contributed by atoms with van der Waals surface area (Å²) in [7, 11) is 0. The Morgan fingerprint density at radius 3 is 2.36 bits per heavy atom. The van der Waals surface area contributed by atoms with Gasteiger partial charge in [-0.2, -0.15) is 13.2 Å². The topological polar surface area (TPSA) is 26.0 Å². The largest absolute Gasteiger partial charge is 0.413 e. The number of halogens is 3. The van der Waals surface area contributed by atoms with Crippen molar-refractivity contribution >= 4 is 0 Å². The summed E-state index contributed by atoms with van der Waals surface area (Å²) < 4.78 is 36.8. The molecule has 1 saturated carbocycles. The Kier molecular flexibility index (Phi) is 3.24. The van der Waals surface area contributed by atoms with E-state index in [0.29, 0.717) is 5.92 Å². The summed E-state index contributed by atoms with van der Waals surface area (Å²) >= 11 is 0. The van der Waals surface area contributed by atoms with Crippen LogP contribution in [0.25, 0.3) is 0 Å². The lowest BCUT2D eigenvalue weighted by molar-refractivity contribution is -0.0967. The van der Waals surface area contributed by atoms with Crippen molar-refractivity contribution in [1.29, 1.82) is 0 Å². The lowest BCUT2D eigenvalue weighted by Gasteiger charge is -2.23. The van der Waals surface area contributed by atoms with Gasteiger partial charge in [0.05, 0.1) is 0 Å². The number of hydrogen-bond donors (Lipinski definition) is 1. The van der Waals surface area contributed by atoms with Gasteiger partial charge in [-0.05, 0) is 24.7 Å². The molecule has 0 aliphatic heterocycles. The molecule has 3 atom stereocenters. The van der Waals surface area contributed by atoms with Gasteiger partial charge < -0.3 is 5.73 Å². The molecular weight excluding hydrogens is 191 g/mol. The molecule has 1 aliphatic carbocycles. The Balaban J connectivity index is 2.57. The molecule has 1 rings (SSSR count). The van der Waals surface area contributed by atoms with E-state index in [0.717, 1.165) is 19.3 Å². The molecule has 0 heterocycles. The second-order valence-electron chi connectivity index (χ2n) is 4.23. The highest BCUT2D eigenvalue weighted by molar-refractivity contribution is 5.13. The van der Waals surface area contributed by atoms with Crippen LogP contribution in [0.1, 0.15) is 26.2 Å². The summed E-state index contributed by atoms with van der Waals surface area (Å²) in [6.07, 6.45) is -1.79. The molecule has 1 aliphatic rings. The Bertz CT molecular complexity index is 222. The summed E-state index contributed by atoms with van der Waals surface area (Å²) in [4.78, 5) is 0. The molecule has 4 heteroatoms. The fourth-order valence-corrected chi connectivity index (χ4v) is 2.05. The predicted molar refractivity (Wildman–Crippen MR) is 49.7 cm³/mol. The summed E-state index contributed by atoms with van der Waals surface area (Å²) in [6.45, 7) is 5.09. The third-order valence-electron chi connectivity index (χ3n) is 3.01. The molecule has 1 fully saturated rings.